The summed E-state index contributed by atoms with van der Waals surface area (Å²) in [7, 11) is 0. The molecular weight excluding hydrogens is 164 g/mol. The van der Waals surface area contributed by atoms with Crippen molar-refractivity contribution in [2.45, 2.75) is 31.3 Å². The number of hydrogen-bond donors (Lipinski definition) is 0. The second-order valence-electron chi connectivity index (χ2n) is 2.93. The van der Waals surface area contributed by atoms with Crippen molar-refractivity contribution in [3.63, 3.8) is 0 Å². The Bertz CT molecular complexity index is 130. The summed E-state index contributed by atoms with van der Waals surface area (Å²) in [5.74, 6) is 0.610. The van der Waals surface area contributed by atoms with Crippen LogP contribution in [0.15, 0.2) is 0 Å². The second-order valence-corrected chi connectivity index (χ2v) is 3.31. The third-order valence-electron chi connectivity index (χ3n) is 2.08. The number of carbonyl (C=O) groups excluding carboxylic acids is 1. The highest BCUT2D eigenvalue weighted by molar-refractivity contribution is 6.17. The predicted molar refractivity (Wildman–Crippen MR) is 43.9 cm³/mol. The standard InChI is InChI=1S/C8H13ClO2/c9-5-1-3-8(7-10)4-2-6-11-8/h7H,1-6H2. The Balaban J connectivity index is 2.39. The van der Waals surface area contributed by atoms with Gasteiger partial charge in [-0.3, -0.25) is 0 Å². The summed E-state index contributed by atoms with van der Waals surface area (Å²) in [6.45, 7) is 0.723. The van der Waals surface area contributed by atoms with Gasteiger partial charge in [0.2, 0.25) is 0 Å². The van der Waals surface area contributed by atoms with Crippen LogP contribution in [0, 0.1) is 0 Å². The molecule has 3 heteroatoms. The highest BCUT2D eigenvalue weighted by Crippen LogP contribution is 2.28. The number of ether oxygens (including phenoxy) is 1. The maximum absolute atomic E-state index is 10.7. The van der Waals surface area contributed by atoms with Crippen LogP contribution >= 0.6 is 11.6 Å². The molecule has 0 aromatic carbocycles. The fourth-order valence-corrected chi connectivity index (χ4v) is 1.57. The van der Waals surface area contributed by atoms with Crippen LogP contribution in [0.1, 0.15) is 25.7 Å². The molecule has 0 aromatic rings. The van der Waals surface area contributed by atoms with Gasteiger partial charge in [-0.1, -0.05) is 0 Å². The maximum atomic E-state index is 10.7. The van der Waals surface area contributed by atoms with Crippen LogP contribution in [0.25, 0.3) is 0 Å². The molecule has 2 nitrogen and oxygen atoms in total. The number of alkyl halides is 1. The van der Waals surface area contributed by atoms with E-state index in [0.717, 1.165) is 38.6 Å². The fourth-order valence-electron chi connectivity index (χ4n) is 1.43. The number of aldehydes is 1. The maximum Gasteiger partial charge on any atom is 0.151 e. The summed E-state index contributed by atoms with van der Waals surface area (Å²) < 4.78 is 5.37. The van der Waals surface area contributed by atoms with Crippen LogP contribution in [0.5, 0.6) is 0 Å². The molecule has 0 aliphatic carbocycles. The average Bonchev–Trinajstić information content (AvgIpc) is 2.50. The summed E-state index contributed by atoms with van der Waals surface area (Å²) in [4.78, 5) is 10.7. The predicted octanol–water partition coefficient (Wildman–Crippen LogP) is 1.75. The lowest BCUT2D eigenvalue weighted by molar-refractivity contribution is -0.126. The third-order valence-corrected chi connectivity index (χ3v) is 2.35. The second kappa shape index (κ2) is 4.07. The Morgan fingerprint density at radius 3 is 2.91 bits per heavy atom. The molecule has 0 N–H and O–H groups in total. The topological polar surface area (TPSA) is 26.3 Å². The van der Waals surface area contributed by atoms with Crippen LogP contribution in [-0.4, -0.2) is 24.4 Å². The number of hydrogen-bond acceptors (Lipinski definition) is 2. The van der Waals surface area contributed by atoms with Crippen LogP contribution in [-0.2, 0) is 9.53 Å². The van der Waals surface area contributed by atoms with Crippen molar-refractivity contribution >= 4 is 17.9 Å². The SMILES string of the molecule is O=CC1(CCCCl)CCCO1. The lowest BCUT2D eigenvalue weighted by atomic mass is 9.96. The molecule has 0 radical (unpaired) electrons. The highest BCUT2D eigenvalue weighted by atomic mass is 35.5. The summed E-state index contributed by atoms with van der Waals surface area (Å²) in [5.41, 5.74) is -0.477. The van der Waals surface area contributed by atoms with Gasteiger partial charge < -0.3 is 9.53 Å². The van der Waals surface area contributed by atoms with E-state index in [0.29, 0.717) is 5.88 Å². The zero-order valence-electron chi connectivity index (χ0n) is 6.51. The Labute approximate surface area is 71.9 Å². The van der Waals surface area contributed by atoms with E-state index < -0.39 is 5.60 Å². The van der Waals surface area contributed by atoms with Crippen LogP contribution in [0.3, 0.4) is 0 Å². The molecule has 1 heterocycles. The quantitative estimate of drug-likeness (QED) is 0.482. The lowest BCUT2D eigenvalue weighted by Gasteiger charge is -2.20. The highest BCUT2D eigenvalue weighted by Gasteiger charge is 2.33. The van der Waals surface area contributed by atoms with E-state index >= 15 is 0 Å². The summed E-state index contributed by atoms with van der Waals surface area (Å²) in [5, 5.41) is 0. The van der Waals surface area contributed by atoms with Crippen molar-refractivity contribution in [3.05, 3.63) is 0 Å². The zero-order chi connectivity index (χ0) is 8.16. The van der Waals surface area contributed by atoms with E-state index in [1.54, 1.807) is 0 Å². The van der Waals surface area contributed by atoms with Crippen LogP contribution < -0.4 is 0 Å². The van der Waals surface area contributed by atoms with Gasteiger partial charge in [-0.05, 0) is 25.7 Å². The van der Waals surface area contributed by atoms with Crippen molar-refractivity contribution in [1.29, 1.82) is 0 Å². The Kier molecular flexibility index (Phi) is 3.34. The minimum atomic E-state index is -0.477. The molecule has 11 heavy (non-hydrogen) atoms. The van der Waals surface area contributed by atoms with Gasteiger partial charge in [0.25, 0.3) is 0 Å². The Hall–Kier alpha value is -0.0800. The Morgan fingerprint density at radius 1 is 1.64 bits per heavy atom. The first-order valence-corrected chi connectivity index (χ1v) is 4.53. The van der Waals surface area contributed by atoms with Crippen molar-refractivity contribution in [3.8, 4) is 0 Å². The van der Waals surface area contributed by atoms with Gasteiger partial charge in [0, 0.05) is 12.5 Å². The first-order valence-electron chi connectivity index (χ1n) is 3.99. The minimum absolute atomic E-state index is 0.477. The van der Waals surface area contributed by atoms with E-state index in [-0.39, 0.29) is 0 Å². The summed E-state index contributed by atoms with van der Waals surface area (Å²) in [6, 6.07) is 0. The van der Waals surface area contributed by atoms with Gasteiger partial charge in [0.05, 0.1) is 0 Å². The molecular formula is C8H13ClO2. The van der Waals surface area contributed by atoms with Crippen molar-refractivity contribution in [1.82, 2.24) is 0 Å². The largest absolute Gasteiger partial charge is 0.368 e. The van der Waals surface area contributed by atoms with E-state index in [1.165, 1.54) is 0 Å². The molecule has 0 saturated carbocycles. The molecule has 64 valence electrons. The average molecular weight is 177 g/mol. The molecule has 1 aliphatic rings. The minimum Gasteiger partial charge on any atom is -0.368 e. The monoisotopic (exact) mass is 176 g/mol. The van der Waals surface area contributed by atoms with E-state index in [2.05, 4.69) is 0 Å². The fraction of sp³-hybridized carbons (Fsp3) is 0.875. The van der Waals surface area contributed by atoms with Crippen LogP contribution in [0.4, 0.5) is 0 Å². The zero-order valence-corrected chi connectivity index (χ0v) is 7.27. The lowest BCUT2D eigenvalue weighted by Crippen LogP contribution is -2.29. The normalized spacial score (nSPS) is 30.6. The van der Waals surface area contributed by atoms with Crippen molar-refractivity contribution in [2.75, 3.05) is 12.5 Å². The van der Waals surface area contributed by atoms with E-state index in [9.17, 15) is 4.79 Å². The van der Waals surface area contributed by atoms with Gasteiger partial charge in [0.1, 0.15) is 5.60 Å². The first kappa shape index (κ1) is 9.01. The van der Waals surface area contributed by atoms with Crippen molar-refractivity contribution in [2.24, 2.45) is 0 Å². The molecule has 1 atom stereocenters. The van der Waals surface area contributed by atoms with Gasteiger partial charge in [0.15, 0.2) is 6.29 Å². The summed E-state index contributed by atoms with van der Waals surface area (Å²) in [6.07, 6.45) is 4.45. The van der Waals surface area contributed by atoms with Gasteiger partial charge >= 0.3 is 0 Å². The number of halogens is 1. The molecule has 1 saturated heterocycles. The summed E-state index contributed by atoms with van der Waals surface area (Å²) >= 11 is 5.53. The number of carbonyl (C=O) groups is 1. The van der Waals surface area contributed by atoms with Crippen molar-refractivity contribution < 1.29 is 9.53 Å². The third kappa shape index (κ3) is 2.17. The molecule has 1 aliphatic heterocycles. The molecule has 1 rings (SSSR count). The van der Waals surface area contributed by atoms with E-state index in [4.69, 9.17) is 16.3 Å². The molecule has 0 bridgehead atoms. The Morgan fingerprint density at radius 2 is 2.45 bits per heavy atom. The molecule has 0 aromatic heterocycles. The van der Waals surface area contributed by atoms with Gasteiger partial charge in [-0.25, -0.2) is 0 Å². The molecule has 0 amide bonds. The number of rotatable bonds is 4. The van der Waals surface area contributed by atoms with Gasteiger partial charge in [-0.2, -0.15) is 0 Å². The first-order chi connectivity index (χ1) is 5.33. The van der Waals surface area contributed by atoms with Crippen LogP contribution in [0.2, 0.25) is 0 Å². The molecule has 0 spiro atoms. The molecule has 1 fully saturated rings. The van der Waals surface area contributed by atoms with E-state index in [1.807, 2.05) is 0 Å². The molecule has 1 unspecified atom stereocenters. The smallest absolute Gasteiger partial charge is 0.151 e. The van der Waals surface area contributed by atoms with Gasteiger partial charge in [-0.15, -0.1) is 11.6 Å².